The number of aryl methyl sites for hydroxylation is 1. The smallest absolute Gasteiger partial charge is 0.134 e. The summed E-state index contributed by atoms with van der Waals surface area (Å²) in [5.41, 5.74) is 0. The molecule has 6 heteroatoms. The van der Waals surface area contributed by atoms with Gasteiger partial charge in [0.25, 0.3) is 0 Å². The van der Waals surface area contributed by atoms with Crippen LogP contribution in [0.5, 0.6) is 0 Å². The Balaban J connectivity index is 1.69. The van der Waals surface area contributed by atoms with Crippen LogP contribution in [0.2, 0.25) is 0 Å². The van der Waals surface area contributed by atoms with Gasteiger partial charge in [-0.25, -0.2) is 15.0 Å². The normalized spacial score (nSPS) is 15.1. The zero-order valence-electron chi connectivity index (χ0n) is 14.0. The van der Waals surface area contributed by atoms with Crippen molar-refractivity contribution in [3.63, 3.8) is 0 Å². The Morgan fingerprint density at radius 3 is 2.30 bits per heavy atom. The Labute approximate surface area is 137 Å². The summed E-state index contributed by atoms with van der Waals surface area (Å²) in [6.45, 7) is 9.95. The molecule has 0 atom stereocenters. The van der Waals surface area contributed by atoms with Gasteiger partial charge in [0.2, 0.25) is 0 Å². The topological polar surface area (TPSA) is 57.2 Å². The summed E-state index contributed by atoms with van der Waals surface area (Å²) in [5.74, 6) is 3.75. The van der Waals surface area contributed by atoms with Crippen LogP contribution in [0, 0.1) is 6.92 Å². The van der Waals surface area contributed by atoms with Crippen molar-refractivity contribution >= 4 is 17.5 Å². The monoisotopic (exact) mass is 312 g/mol. The highest BCUT2D eigenvalue weighted by molar-refractivity contribution is 5.51. The van der Waals surface area contributed by atoms with E-state index in [1.807, 2.05) is 31.3 Å². The van der Waals surface area contributed by atoms with Crippen molar-refractivity contribution in [1.82, 2.24) is 15.0 Å². The first-order valence-electron chi connectivity index (χ1n) is 8.15. The van der Waals surface area contributed by atoms with Crippen LogP contribution in [0.3, 0.4) is 0 Å². The molecule has 1 aliphatic heterocycles. The zero-order chi connectivity index (χ0) is 16.2. The van der Waals surface area contributed by atoms with E-state index < -0.39 is 0 Å². The lowest BCUT2D eigenvalue weighted by atomic mass is 10.3. The van der Waals surface area contributed by atoms with E-state index in [4.69, 9.17) is 0 Å². The number of hydrogen-bond donors (Lipinski definition) is 1. The molecule has 2 aromatic rings. The molecule has 1 aliphatic rings. The predicted molar refractivity (Wildman–Crippen MR) is 94.2 cm³/mol. The first-order valence-corrected chi connectivity index (χ1v) is 8.15. The summed E-state index contributed by atoms with van der Waals surface area (Å²) in [7, 11) is 0. The van der Waals surface area contributed by atoms with Gasteiger partial charge in [0.15, 0.2) is 0 Å². The minimum atomic E-state index is 0.359. The van der Waals surface area contributed by atoms with Crippen molar-refractivity contribution in [2.24, 2.45) is 0 Å². The number of nitrogens with one attached hydrogen (secondary N) is 1. The lowest BCUT2D eigenvalue weighted by Crippen LogP contribution is -2.47. The second-order valence-electron chi connectivity index (χ2n) is 6.12. The quantitative estimate of drug-likeness (QED) is 0.935. The molecule has 0 amide bonds. The van der Waals surface area contributed by atoms with Gasteiger partial charge in [0, 0.05) is 44.5 Å². The van der Waals surface area contributed by atoms with E-state index in [-0.39, 0.29) is 0 Å². The third-order valence-corrected chi connectivity index (χ3v) is 3.84. The maximum absolute atomic E-state index is 4.60. The van der Waals surface area contributed by atoms with E-state index >= 15 is 0 Å². The van der Waals surface area contributed by atoms with Gasteiger partial charge in [-0.15, -0.1) is 0 Å². The number of hydrogen-bond acceptors (Lipinski definition) is 6. The van der Waals surface area contributed by atoms with Crippen molar-refractivity contribution in [2.45, 2.75) is 26.8 Å². The zero-order valence-corrected chi connectivity index (χ0v) is 14.0. The van der Waals surface area contributed by atoms with Crippen LogP contribution in [-0.2, 0) is 0 Å². The van der Waals surface area contributed by atoms with Gasteiger partial charge in [0.05, 0.1) is 0 Å². The third-order valence-electron chi connectivity index (χ3n) is 3.84. The van der Waals surface area contributed by atoms with Gasteiger partial charge in [-0.2, -0.15) is 0 Å². The Bertz CT molecular complexity index is 635. The summed E-state index contributed by atoms with van der Waals surface area (Å²) < 4.78 is 0. The highest BCUT2D eigenvalue weighted by Gasteiger charge is 2.19. The van der Waals surface area contributed by atoms with E-state index in [1.165, 1.54) is 0 Å². The Morgan fingerprint density at radius 2 is 1.70 bits per heavy atom. The fraction of sp³-hybridized carbons (Fsp3) is 0.471. The van der Waals surface area contributed by atoms with Gasteiger partial charge < -0.3 is 15.1 Å². The molecule has 0 spiro atoms. The van der Waals surface area contributed by atoms with Crippen LogP contribution in [0.25, 0.3) is 0 Å². The molecule has 0 bridgehead atoms. The maximum Gasteiger partial charge on any atom is 0.134 e. The minimum Gasteiger partial charge on any atom is -0.368 e. The second-order valence-corrected chi connectivity index (χ2v) is 6.12. The SMILES string of the molecule is Cc1nc(NC(C)C)cc(N2CCN(c3ccccn3)CC2)n1. The summed E-state index contributed by atoms with van der Waals surface area (Å²) in [6.07, 6.45) is 1.85. The average molecular weight is 312 g/mol. The fourth-order valence-electron chi connectivity index (χ4n) is 2.79. The largest absolute Gasteiger partial charge is 0.368 e. The summed E-state index contributed by atoms with van der Waals surface area (Å²) >= 11 is 0. The molecule has 0 unspecified atom stereocenters. The van der Waals surface area contributed by atoms with Crippen LogP contribution >= 0.6 is 0 Å². The van der Waals surface area contributed by atoms with Crippen molar-refractivity contribution in [3.8, 4) is 0 Å². The fourth-order valence-corrected chi connectivity index (χ4v) is 2.79. The first-order chi connectivity index (χ1) is 11.1. The van der Waals surface area contributed by atoms with Gasteiger partial charge in [-0.1, -0.05) is 6.07 Å². The molecule has 0 aliphatic carbocycles. The molecule has 1 fully saturated rings. The highest BCUT2D eigenvalue weighted by Crippen LogP contribution is 2.20. The molecular weight excluding hydrogens is 288 g/mol. The molecule has 3 heterocycles. The van der Waals surface area contributed by atoms with Crippen LogP contribution in [0.15, 0.2) is 30.5 Å². The second kappa shape index (κ2) is 6.81. The molecule has 6 nitrogen and oxygen atoms in total. The van der Waals surface area contributed by atoms with Gasteiger partial charge in [-0.3, -0.25) is 0 Å². The molecule has 3 rings (SSSR count). The molecule has 1 saturated heterocycles. The molecule has 122 valence electrons. The van der Waals surface area contributed by atoms with Gasteiger partial charge >= 0.3 is 0 Å². The van der Waals surface area contributed by atoms with Gasteiger partial charge in [0.1, 0.15) is 23.3 Å². The minimum absolute atomic E-state index is 0.359. The van der Waals surface area contributed by atoms with E-state index in [0.29, 0.717) is 6.04 Å². The molecule has 2 aromatic heterocycles. The maximum atomic E-state index is 4.60. The molecule has 0 radical (unpaired) electrons. The summed E-state index contributed by atoms with van der Waals surface area (Å²) in [5, 5.41) is 3.36. The van der Waals surface area contributed by atoms with E-state index in [9.17, 15) is 0 Å². The summed E-state index contributed by atoms with van der Waals surface area (Å²) in [4.78, 5) is 18.1. The van der Waals surface area contributed by atoms with Gasteiger partial charge in [-0.05, 0) is 32.9 Å². The Morgan fingerprint density at radius 1 is 1.00 bits per heavy atom. The highest BCUT2D eigenvalue weighted by atomic mass is 15.3. The lowest BCUT2D eigenvalue weighted by molar-refractivity contribution is 0.640. The molecular formula is C17H24N6. The Kier molecular flexibility index (Phi) is 4.60. The molecule has 0 aromatic carbocycles. The number of piperazine rings is 1. The van der Waals surface area contributed by atoms with Crippen molar-refractivity contribution < 1.29 is 0 Å². The van der Waals surface area contributed by atoms with E-state index in [1.54, 1.807) is 0 Å². The van der Waals surface area contributed by atoms with Crippen molar-refractivity contribution in [1.29, 1.82) is 0 Å². The van der Waals surface area contributed by atoms with Crippen LogP contribution in [0.1, 0.15) is 19.7 Å². The molecule has 0 saturated carbocycles. The number of anilines is 3. The lowest BCUT2D eigenvalue weighted by Gasteiger charge is -2.36. The number of nitrogens with zero attached hydrogens (tertiary/aromatic N) is 5. The number of pyridine rings is 1. The summed E-state index contributed by atoms with van der Waals surface area (Å²) in [6, 6.07) is 8.45. The van der Waals surface area contributed by atoms with Crippen molar-refractivity contribution in [3.05, 3.63) is 36.3 Å². The first kappa shape index (κ1) is 15.5. The number of rotatable bonds is 4. The molecule has 23 heavy (non-hydrogen) atoms. The third kappa shape index (κ3) is 3.88. The van der Waals surface area contributed by atoms with E-state index in [2.05, 4.69) is 50.0 Å². The van der Waals surface area contributed by atoms with E-state index in [0.717, 1.165) is 49.5 Å². The van der Waals surface area contributed by atoms with Crippen LogP contribution in [0.4, 0.5) is 17.5 Å². The van der Waals surface area contributed by atoms with Crippen LogP contribution < -0.4 is 15.1 Å². The van der Waals surface area contributed by atoms with Crippen molar-refractivity contribution in [2.75, 3.05) is 41.3 Å². The Hall–Kier alpha value is -2.37. The predicted octanol–water partition coefficient (Wildman–Crippen LogP) is 2.33. The molecule has 1 N–H and O–H groups in total. The number of aromatic nitrogens is 3. The van der Waals surface area contributed by atoms with Crippen LogP contribution in [-0.4, -0.2) is 47.2 Å². The average Bonchev–Trinajstić information content (AvgIpc) is 2.55. The standard InChI is InChI=1S/C17H24N6/c1-13(2)19-15-12-17(21-14(3)20-15)23-10-8-22(9-11-23)16-6-4-5-7-18-16/h4-7,12-13H,8-11H2,1-3H3,(H,19,20,21).